The van der Waals surface area contributed by atoms with E-state index in [0.717, 1.165) is 5.39 Å². The van der Waals surface area contributed by atoms with Crippen LogP contribution in [0, 0.1) is 0 Å². The van der Waals surface area contributed by atoms with Crippen molar-refractivity contribution in [3.63, 3.8) is 0 Å². The van der Waals surface area contributed by atoms with Crippen LogP contribution in [0.4, 0.5) is 10.1 Å². The van der Waals surface area contributed by atoms with E-state index in [-0.39, 0.29) is 18.9 Å². The van der Waals surface area contributed by atoms with Crippen molar-refractivity contribution < 1.29 is 13.4 Å². The maximum Gasteiger partial charge on any atom is 0.241 e. The maximum absolute atomic E-state index is 13.4. The second-order valence-electron chi connectivity index (χ2n) is 5.77. The summed E-state index contributed by atoms with van der Waals surface area (Å²) in [4.78, 5) is 19.1. The number of nitrogens with one attached hydrogen (secondary N) is 1. The van der Waals surface area contributed by atoms with Gasteiger partial charge in [0.2, 0.25) is 5.91 Å². The van der Waals surface area contributed by atoms with Crippen molar-refractivity contribution in [2.75, 3.05) is 25.2 Å². The molecule has 1 fully saturated rings. The molecule has 3 rings (SSSR count). The van der Waals surface area contributed by atoms with Crippen LogP contribution in [0.5, 0.6) is 0 Å². The minimum absolute atomic E-state index is 0.213. The van der Waals surface area contributed by atoms with Crippen molar-refractivity contribution in [2.45, 2.75) is 23.5 Å². The summed E-state index contributed by atoms with van der Waals surface area (Å²) in [5, 5.41) is 3.63. The molecular weight excluding hydrogens is 317 g/mol. The van der Waals surface area contributed by atoms with E-state index in [2.05, 4.69) is 10.3 Å². The Labute approximate surface area is 136 Å². The SMILES string of the molecule is CN1CC(F)CC1C(=O)Nc1ccnc2cc(S(C)=O)ccc12. The van der Waals surface area contributed by atoms with Crippen molar-refractivity contribution in [3.05, 3.63) is 30.5 Å². The lowest BCUT2D eigenvalue weighted by molar-refractivity contribution is -0.119. The Morgan fingerprint density at radius 2 is 2.22 bits per heavy atom. The van der Waals surface area contributed by atoms with Crippen LogP contribution in [0.25, 0.3) is 10.9 Å². The standard InChI is InChI=1S/C16H18FN3O2S/c1-20-9-10(17)7-15(20)16(21)19-13-5-6-18-14-8-11(23(2)22)3-4-12(13)14/h3-6,8,10,15H,7,9H2,1-2H3,(H,18,19,21). The van der Waals surface area contributed by atoms with Crippen LogP contribution in [0.3, 0.4) is 0 Å². The smallest absolute Gasteiger partial charge is 0.241 e. The number of fused-ring (bicyclic) bond motifs is 1. The molecule has 3 unspecified atom stereocenters. The fourth-order valence-corrected chi connectivity index (χ4v) is 3.41. The second kappa shape index (κ2) is 6.33. The summed E-state index contributed by atoms with van der Waals surface area (Å²) < 4.78 is 25.0. The van der Waals surface area contributed by atoms with E-state index in [1.807, 2.05) is 0 Å². The lowest BCUT2D eigenvalue weighted by Crippen LogP contribution is -2.37. The number of likely N-dealkylation sites (N-methyl/N-ethyl adjacent to an activating group) is 1. The average molecular weight is 335 g/mol. The fourth-order valence-electron chi connectivity index (χ4n) is 2.88. The van der Waals surface area contributed by atoms with E-state index in [0.29, 0.717) is 16.1 Å². The first-order valence-corrected chi connectivity index (χ1v) is 8.89. The van der Waals surface area contributed by atoms with Crippen molar-refractivity contribution in [1.82, 2.24) is 9.88 Å². The van der Waals surface area contributed by atoms with Crippen LogP contribution in [0.2, 0.25) is 0 Å². The molecule has 122 valence electrons. The summed E-state index contributed by atoms with van der Waals surface area (Å²) in [5.41, 5.74) is 1.29. The summed E-state index contributed by atoms with van der Waals surface area (Å²) in [5.74, 6) is -0.219. The zero-order chi connectivity index (χ0) is 16.6. The van der Waals surface area contributed by atoms with Crippen LogP contribution in [0.1, 0.15) is 6.42 Å². The summed E-state index contributed by atoms with van der Waals surface area (Å²) >= 11 is 0. The van der Waals surface area contributed by atoms with Gasteiger partial charge in [0, 0.05) is 46.5 Å². The third kappa shape index (κ3) is 3.25. The maximum atomic E-state index is 13.4. The molecule has 2 aromatic rings. The Morgan fingerprint density at radius 1 is 1.43 bits per heavy atom. The number of hydrogen-bond donors (Lipinski definition) is 1. The lowest BCUT2D eigenvalue weighted by Gasteiger charge is -2.18. The van der Waals surface area contributed by atoms with Gasteiger partial charge in [0.15, 0.2) is 0 Å². The van der Waals surface area contributed by atoms with Gasteiger partial charge < -0.3 is 5.32 Å². The number of rotatable bonds is 3. The van der Waals surface area contributed by atoms with Crippen molar-refractivity contribution in [1.29, 1.82) is 0 Å². The predicted octanol–water partition coefficient (Wildman–Crippen LogP) is 1.95. The van der Waals surface area contributed by atoms with Crippen molar-refractivity contribution in [3.8, 4) is 0 Å². The minimum Gasteiger partial charge on any atom is -0.324 e. The molecular formula is C16H18FN3O2S. The van der Waals surface area contributed by atoms with Gasteiger partial charge in [-0.3, -0.25) is 18.9 Å². The van der Waals surface area contributed by atoms with Gasteiger partial charge >= 0.3 is 0 Å². The molecule has 3 atom stereocenters. The third-order valence-corrected chi connectivity index (χ3v) is 5.02. The first-order valence-electron chi connectivity index (χ1n) is 7.33. The highest BCUT2D eigenvalue weighted by Gasteiger charge is 2.34. The van der Waals surface area contributed by atoms with Crippen molar-refractivity contribution >= 4 is 33.3 Å². The number of carbonyl (C=O) groups excluding carboxylic acids is 1. The number of halogens is 1. The normalized spacial score (nSPS) is 23.1. The van der Waals surface area contributed by atoms with Gasteiger partial charge in [-0.1, -0.05) is 0 Å². The number of benzene rings is 1. The van der Waals surface area contributed by atoms with E-state index in [1.165, 1.54) is 0 Å². The molecule has 5 nitrogen and oxygen atoms in total. The monoisotopic (exact) mass is 335 g/mol. The van der Waals surface area contributed by atoms with Crippen molar-refractivity contribution in [2.24, 2.45) is 0 Å². The summed E-state index contributed by atoms with van der Waals surface area (Å²) in [6.45, 7) is 0.279. The fraction of sp³-hybridized carbons (Fsp3) is 0.375. The van der Waals surface area contributed by atoms with Gasteiger partial charge in [-0.25, -0.2) is 4.39 Å². The number of nitrogens with zero attached hydrogens (tertiary/aromatic N) is 2. The molecule has 1 N–H and O–H groups in total. The molecule has 2 heterocycles. The van der Waals surface area contributed by atoms with E-state index in [4.69, 9.17) is 0 Å². The lowest BCUT2D eigenvalue weighted by atomic mass is 10.1. The Bertz CT molecular complexity index is 783. The van der Waals surface area contributed by atoms with Gasteiger partial charge in [-0.05, 0) is 31.3 Å². The molecule has 0 radical (unpaired) electrons. The van der Waals surface area contributed by atoms with Gasteiger partial charge in [-0.2, -0.15) is 0 Å². The molecule has 1 saturated heterocycles. The number of hydrogen-bond acceptors (Lipinski definition) is 4. The average Bonchev–Trinajstić information content (AvgIpc) is 2.85. The quantitative estimate of drug-likeness (QED) is 0.931. The number of likely N-dealkylation sites (tertiary alicyclic amines) is 1. The highest BCUT2D eigenvalue weighted by atomic mass is 32.2. The van der Waals surface area contributed by atoms with Crippen LogP contribution in [-0.2, 0) is 15.6 Å². The summed E-state index contributed by atoms with van der Waals surface area (Å²) in [6, 6.07) is 6.56. The number of pyridine rings is 1. The van der Waals surface area contributed by atoms with Gasteiger partial charge in [0.05, 0.1) is 17.2 Å². The van der Waals surface area contributed by atoms with E-state index in [9.17, 15) is 13.4 Å². The molecule has 0 bridgehead atoms. The number of alkyl halides is 1. The molecule has 7 heteroatoms. The minimum atomic E-state index is -1.09. The van der Waals surface area contributed by atoms with E-state index >= 15 is 0 Å². The number of anilines is 1. The van der Waals surface area contributed by atoms with Crippen LogP contribution in [-0.4, -0.2) is 52.1 Å². The first kappa shape index (κ1) is 16.0. The zero-order valence-electron chi connectivity index (χ0n) is 13.0. The zero-order valence-corrected chi connectivity index (χ0v) is 13.8. The Hall–Kier alpha value is -1.86. The summed E-state index contributed by atoms with van der Waals surface area (Å²) in [6.07, 6.45) is 2.45. The van der Waals surface area contributed by atoms with Crippen LogP contribution in [0.15, 0.2) is 35.4 Å². The van der Waals surface area contributed by atoms with Gasteiger partial charge in [-0.15, -0.1) is 0 Å². The molecule has 23 heavy (non-hydrogen) atoms. The Kier molecular flexibility index (Phi) is 4.41. The van der Waals surface area contributed by atoms with E-state index in [1.54, 1.807) is 48.7 Å². The Balaban J connectivity index is 1.88. The third-order valence-electron chi connectivity index (χ3n) is 4.10. The largest absolute Gasteiger partial charge is 0.324 e. The molecule has 1 aliphatic heterocycles. The highest BCUT2D eigenvalue weighted by Crippen LogP contribution is 2.25. The van der Waals surface area contributed by atoms with Crippen LogP contribution >= 0.6 is 0 Å². The second-order valence-corrected chi connectivity index (χ2v) is 7.15. The molecule has 1 aliphatic rings. The molecule has 0 spiro atoms. The number of aromatic nitrogens is 1. The topological polar surface area (TPSA) is 62.3 Å². The molecule has 1 aromatic carbocycles. The summed E-state index contributed by atoms with van der Waals surface area (Å²) in [7, 11) is 0.659. The van der Waals surface area contributed by atoms with Gasteiger partial charge in [0.25, 0.3) is 0 Å². The first-order chi connectivity index (χ1) is 11.0. The van der Waals surface area contributed by atoms with E-state index < -0.39 is 23.0 Å². The molecule has 1 aromatic heterocycles. The van der Waals surface area contributed by atoms with Gasteiger partial charge in [0.1, 0.15) is 6.17 Å². The highest BCUT2D eigenvalue weighted by molar-refractivity contribution is 7.84. The molecule has 1 amide bonds. The number of amides is 1. The molecule has 0 aliphatic carbocycles. The Morgan fingerprint density at radius 3 is 2.87 bits per heavy atom. The number of carbonyl (C=O) groups is 1. The predicted molar refractivity (Wildman–Crippen MR) is 88.6 cm³/mol. The molecule has 0 saturated carbocycles. The van der Waals surface area contributed by atoms with Crippen LogP contribution < -0.4 is 5.32 Å².